The van der Waals surface area contributed by atoms with Crippen LogP contribution in [0.25, 0.3) is 6.08 Å². The van der Waals surface area contributed by atoms with Gasteiger partial charge in [0.05, 0.1) is 10.6 Å². The van der Waals surface area contributed by atoms with Gasteiger partial charge in [0.25, 0.3) is 11.8 Å². The summed E-state index contributed by atoms with van der Waals surface area (Å²) in [5.41, 5.74) is 2.98. The van der Waals surface area contributed by atoms with Crippen molar-refractivity contribution in [1.29, 1.82) is 0 Å². The average Bonchev–Trinajstić information content (AvgIpc) is 3.13. The predicted molar refractivity (Wildman–Crippen MR) is 152 cm³/mol. The van der Waals surface area contributed by atoms with Crippen molar-refractivity contribution >= 4 is 86.7 Å². The highest BCUT2D eigenvalue weighted by molar-refractivity contribution is 8.27. The SMILES string of the molecule is Cc1ccc(N2C(=O)/C(=C/c3ccc(O[C@H](NC(=O)c4ccccc4)C(Cl)(Cl)Cl)cc3)SC2=S)cc1. The fraction of sp³-hybridized carbons (Fsp3) is 0.115. The van der Waals surface area contributed by atoms with Gasteiger partial charge in [0.2, 0.25) is 10.0 Å². The van der Waals surface area contributed by atoms with Crippen molar-refractivity contribution in [2.75, 3.05) is 4.90 Å². The lowest BCUT2D eigenvalue weighted by Crippen LogP contribution is -2.47. The van der Waals surface area contributed by atoms with Gasteiger partial charge in [0.1, 0.15) is 5.75 Å². The Morgan fingerprint density at radius 3 is 2.28 bits per heavy atom. The summed E-state index contributed by atoms with van der Waals surface area (Å²) in [7, 11) is 0. The minimum atomic E-state index is -1.92. The number of halogens is 3. The van der Waals surface area contributed by atoms with Crippen LogP contribution in [0.5, 0.6) is 5.75 Å². The highest BCUT2D eigenvalue weighted by Gasteiger charge is 2.36. The van der Waals surface area contributed by atoms with Crippen molar-refractivity contribution in [3.05, 3.63) is 100 Å². The maximum Gasteiger partial charge on any atom is 0.270 e. The smallest absolute Gasteiger partial charge is 0.270 e. The standard InChI is InChI=1S/C26H19Cl3N2O3S2/c1-16-7-11-19(12-8-16)31-23(33)21(36-25(31)35)15-17-9-13-20(14-10-17)34-24(26(27,28)29)30-22(32)18-5-3-2-4-6-18/h2-15,24H,1H3,(H,30,32)/b21-15-/t24-/m0/s1. The number of thiocarbonyl (C=S) groups is 1. The summed E-state index contributed by atoms with van der Waals surface area (Å²) in [5, 5.41) is 2.59. The van der Waals surface area contributed by atoms with E-state index >= 15 is 0 Å². The van der Waals surface area contributed by atoms with Crippen molar-refractivity contribution < 1.29 is 14.3 Å². The first-order valence-corrected chi connectivity index (χ1v) is 13.0. The van der Waals surface area contributed by atoms with Crippen LogP contribution in [0.3, 0.4) is 0 Å². The summed E-state index contributed by atoms with van der Waals surface area (Å²) in [6.45, 7) is 1.98. The molecule has 5 nitrogen and oxygen atoms in total. The molecule has 10 heteroatoms. The monoisotopic (exact) mass is 576 g/mol. The van der Waals surface area contributed by atoms with E-state index in [4.69, 9.17) is 51.8 Å². The van der Waals surface area contributed by atoms with Crippen LogP contribution in [0.15, 0.2) is 83.8 Å². The molecule has 1 fully saturated rings. The minimum Gasteiger partial charge on any atom is -0.466 e. The molecular formula is C26H19Cl3N2O3S2. The molecule has 36 heavy (non-hydrogen) atoms. The lowest BCUT2D eigenvalue weighted by molar-refractivity contribution is -0.113. The maximum atomic E-state index is 13.0. The lowest BCUT2D eigenvalue weighted by Gasteiger charge is -2.26. The molecule has 2 amide bonds. The molecule has 0 spiro atoms. The van der Waals surface area contributed by atoms with Gasteiger partial charge in [-0.15, -0.1) is 0 Å². The molecule has 1 N–H and O–H groups in total. The molecule has 3 aromatic carbocycles. The largest absolute Gasteiger partial charge is 0.466 e. The van der Waals surface area contributed by atoms with Gasteiger partial charge in [-0.25, -0.2) is 0 Å². The van der Waals surface area contributed by atoms with Crippen LogP contribution >= 0.6 is 58.8 Å². The number of benzene rings is 3. The van der Waals surface area contributed by atoms with Crippen molar-refractivity contribution in [3.8, 4) is 5.75 Å². The van der Waals surface area contributed by atoms with Crippen LogP contribution in [0.2, 0.25) is 0 Å². The average molecular weight is 578 g/mol. The van der Waals surface area contributed by atoms with E-state index in [2.05, 4.69) is 5.32 Å². The van der Waals surface area contributed by atoms with E-state index < -0.39 is 15.9 Å². The Bertz CT molecular complexity index is 1310. The normalized spacial score (nSPS) is 15.8. The maximum absolute atomic E-state index is 13.0. The summed E-state index contributed by atoms with van der Waals surface area (Å²) in [5.74, 6) is -0.266. The summed E-state index contributed by atoms with van der Waals surface area (Å²) in [6.07, 6.45) is 0.507. The van der Waals surface area contributed by atoms with Crippen molar-refractivity contribution in [3.63, 3.8) is 0 Å². The number of anilines is 1. The Morgan fingerprint density at radius 1 is 1.03 bits per heavy atom. The Labute approximate surface area is 233 Å². The molecule has 0 radical (unpaired) electrons. The molecule has 184 valence electrons. The van der Waals surface area contributed by atoms with Gasteiger partial charge in [-0.1, -0.05) is 107 Å². The quantitative estimate of drug-likeness (QED) is 0.149. The number of ether oxygens (including phenoxy) is 1. The molecular weight excluding hydrogens is 559 g/mol. The second kappa shape index (κ2) is 11.2. The van der Waals surface area contributed by atoms with Crippen LogP contribution in [0.4, 0.5) is 5.69 Å². The Kier molecular flexibility index (Phi) is 8.27. The first-order chi connectivity index (χ1) is 17.1. The highest BCUT2D eigenvalue weighted by atomic mass is 35.6. The Morgan fingerprint density at radius 2 is 1.67 bits per heavy atom. The molecule has 1 atom stereocenters. The highest BCUT2D eigenvalue weighted by Crippen LogP contribution is 2.36. The number of rotatable bonds is 6. The number of nitrogens with zero attached hydrogens (tertiary/aromatic N) is 1. The number of carbonyl (C=O) groups excluding carboxylic acids is 2. The number of hydrogen-bond donors (Lipinski definition) is 1. The van der Waals surface area contributed by atoms with Gasteiger partial charge < -0.3 is 10.1 Å². The van der Waals surface area contributed by atoms with Crippen molar-refractivity contribution in [1.82, 2.24) is 5.32 Å². The molecule has 4 rings (SSSR count). The van der Waals surface area contributed by atoms with Crippen LogP contribution < -0.4 is 15.0 Å². The zero-order valence-electron chi connectivity index (χ0n) is 18.8. The topological polar surface area (TPSA) is 58.6 Å². The number of alkyl halides is 3. The van der Waals surface area contributed by atoms with E-state index in [1.54, 1.807) is 60.7 Å². The summed E-state index contributed by atoms with van der Waals surface area (Å²) >= 11 is 24.8. The molecule has 0 unspecified atom stereocenters. The summed E-state index contributed by atoms with van der Waals surface area (Å²) < 4.78 is 4.31. The van der Waals surface area contributed by atoms with Gasteiger partial charge in [0, 0.05) is 5.56 Å². The van der Waals surface area contributed by atoms with E-state index in [1.807, 2.05) is 31.2 Å². The van der Waals surface area contributed by atoms with Crippen LogP contribution in [0.1, 0.15) is 21.5 Å². The Hall–Kier alpha value is -2.55. The first kappa shape index (κ1) is 26.5. The van der Waals surface area contributed by atoms with Gasteiger partial charge in [-0.2, -0.15) is 0 Å². The number of aryl methyl sites for hydroxylation is 1. The molecule has 1 aliphatic rings. The molecule has 0 aromatic heterocycles. The van der Waals surface area contributed by atoms with E-state index in [1.165, 1.54) is 16.7 Å². The van der Waals surface area contributed by atoms with E-state index in [9.17, 15) is 9.59 Å². The molecule has 0 bridgehead atoms. The van der Waals surface area contributed by atoms with Crippen LogP contribution in [-0.4, -0.2) is 26.2 Å². The zero-order valence-corrected chi connectivity index (χ0v) is 22.7. The first-order valence-electron chi connectivity index (χ1n) is 10.7. The van der Waals surface area contributed by atoms with Gasteiger partial charge >= 0.3 is 0 Å². The second-order valence-electron chi connectivity index (χ2n) is 7.80. The second-order valence-corrected chi connectivity index (χ2v) is 11.8. The third-order valence-electron chi connectivity index (χ3n) is 5.11. The van der Waals surface area contributed by atoms with Gasteiger partial charge in [-0.05, 0) is 55.0 Å². The zero-order chi connectivity index (χ0) is 25.9. The molecule has 0 saturated carbocycles. The lowest BCUT2D eigenvalue weighted by atomic mass is 10.2. The summed E-state index contributed by atoms with van der Waals surface area (Å²) in [4.78, 5) is 27.5. The number of amides is 2. The van der Waals surface area contributed by atoms with Gasteiger partial charge in [-0.3, -0.25) is 14.5 Å². The van der Waals surface area contributed by atoms with E-state index in [0.29, 0.717) is 20.5 Å². The summed E-state index contributed by atoms with van der Waals surface area (Å²) in [6, 6.07) is 23.0. The number of carbonyl (C=O) groups is 2. The van der Waals surface area contributed by atoms with Gasteiger partial charge in [0.15, 0.2) is 4.32 Å². The fourth-order valence-electron chi connectivity index (χ4n) is 3.28. The third kappa shape index (κ3) is 6.41. The molecule has 3 aromatic rings. The fourth-order valence-corrected chi connectivity index (χ4v) is 4.88. The molecule has 0 aliphatic carbocycles. The number of hydrogen-bond acceptors (Lipinski definition) is 5. The van der Waals surface area contributed by atoms with Crippen LogP contribution in [-0.2, 0) is 4.79 Å². The third-order valence-corrected chi connectivity index (χ3v) is 7.01. The minimum absolute atomic E-state index is 0.186. The number of nitrogens with one attached hydrogen (secondary N) is 1. The van der Waals surface area contributed by atoms with Crippen molar-refractivity contribution in [2.45, 2.75) is 16.9 Å². The van der Waals surface area contributed by atoms with Crippen LogP contribution in [0, 0.1) is 6.92 Å². The number of thioether (sulfide) groups is 1. The van der Waals surface area contributed by atoms with Crippen molar-refractivity contribution in [2.24, 2.45) is 0 Å². The van der Waals surface area contributed by atoms with E-state index in [-0.39, 0.29) is 5.91 Å². The predicted octanol–water partition coefficient (Wildman–Crippen LogP) is 6.91. The molecule has 1 saturated heterocycles. The molecule has 1 heterocycles. The Balaban J connectivity index is 1.47. The molecule has 1 aliphatic heterocycles. The van der Waals surface area contributed by atoms with E-state index in [0.717, 1.165) is 16.8 Å².